The molecule has 0 aliphatic carbocycles. The van der Waals surface area contributed by atoms with E-state index >= 15 is 0 Å². The summed E-state index contributed by atoms with van der Waals surface area (Å²) in [5.74, 6) is 0. The van der Waals surface area contributed by atoms with Crippen LogP contribution >= 0.6 is 0 Å². The van der Waals surface area contributed by atoms with Gasteiger partial charge in [-0.25, -0.2) is 11.3 Å². The molecule has 138 valence electrons. The molecule has 0 radical (unpaired) electrons. The van der Waals surface area contributed by atoms with Crippen LogP contribution in [-0.4, -0.2) is 8.07 Å². The molecule has 0 spiro atoms. The molecule has 0 saturated heterocycles. The first-order valence-electron chi connectivity index (χ1n) is 7.89. The first-order chi connectivity index (χ1) is 9.53. The summed E-state index contributed by atoms with van der Waals surface area (Å²) in [7, 11) is -1.23. The maximum Gasteiger partial charge on any atom is 4.00 e. The van der Waals surface area contributed by atoms with Crippen LogP contribution in [0.15, 0.2) is 30.3 Å². The summed E-state index contributed by atoms with van der Waals surface area (Å²) in [5.41, 5.74) is 7.15. The zero-order valence-electron chi connectivity index (χ0n) is 16.5. The van der Waals surface area contributed by atoms with Crippen molar-refractivity contribution in [2.24, 2.45) is 0 Å². The van der Waals surface area contributed by atoms with Crippen LogP contribution in [0.3, 0.4) is 0 Å². The molecule has 2 aromatic carbocycles. The summed E-state index contributed by atoms with van der Waals surface area (Å²) in [6.07, 6.45) is 0. The molecule has 2 aromatic rings. The molecule has 0 fully saturated rings. The van der Waals surface area contributed by atoms with Gasteiger partial charge in [0.25, 0.3) is 0 Å². The monoisotopic (exact) mass is 450 g/mol. The fraction of sp³-hybridized carbons (Fsp3) is 0.450. The van der Waals surface area contributed by atoms with Crippen LogP contribution in [0.5, 0.6) is 0 Å². The molecule has 0 aliphatic rings. The second-order valence-corrected chi connectivity index (χ2v) is 13.1. The fourth-order valence-corrected chi connectivity index (χ4v) is 4.26. The van der Waals surface area contributed by atoms with E-state index in [-0.39, 0.29) is 64.4 Å². The van der Waals surface area contributed by atoms with Crippen LogP contribution in [-0.2, 0) is 27.1 Å². The van der Waals surface area contributed by atoms with Crippen LogP contribution in [0, 0.1) is 20.8 Å². The Labute approximate surface area is 189 Å². The summed E-state index contributed by atoms with van der Waals surface area (Å²) in [5, 5.41) is 1.56. The Morgan fingerprint density at radius 2 is 1.32 bits per heavy atom. The van der Waals surface area contributed by atoms with Crippen molar-refractivity contribution in [1.29, 1.82) is 0 Å². The Balaban J connectivity index is -0.00000121. The molecule has 25 heavy (non-hydrogen) atoms. The van der Waals surface area contributed by atoms with Gasteiger partial charge < -0.3 is 37.2 Å². The minimum Gasteiger partial charge on any atom is -1.00 e. The van der Waals surface area contributed by atoms with Crippen LogP contribution in [0.1, 0.15) is 41.7 Å². The molecule has 0 atom stereocenters. The van der Waals surface area contributed by atoms with Gasteiger partial charge >= 0.3 is 21.7 Å². The topological polar surface area (TPSA) is 0 Å². The summed E-state index contributed by atoms with van der Waals surface area (Å²) in [6.45, 7) is 18.6. The van der Waals surface area contributed by atoms with E-state index < -0.39 is 8.07 Å². The molecule has 0 unspecified atom stereocenters. The predicted octanol–water partition coefficient (Wildman–Crippen LogP) is -3.79. The van der Waals surface area contributed by atoms with Crippen molar-refractivity contribution in [2.45, 2.75) is 59.7 Å². The smallest absolute Gasteiger partial charge is 1.00 e. The zero-order chi connectivity index (χ0) is 16.0. The Kier molecular flexibility index (Phi) is 12.8. The average Bonchev–Trinajstić information content (AvgIpc) is 2.83. The number of rotatable bonds is 3. The summed E-state index contributed by atoms with van der Waals surface area (Å²) in [6, 6.07) is 11.8. The second kappa shape index (κ2) is 10.6. The van der Waals surface area contributed by atoms with Gasteiger partial charge in [-0.1, -0.05) is 45.6 Å². The van der Waals surface area contributed by atoms with E-state index in [4.69, 9.17) is 0 Å². The molecule has 2 rings (SSSR count). The van der Waals surface area contributed by atoms with Crippen molar-refractivity contribution in [3.8, 4) is 0 Å². The standard InChI is InChI=1S/C20H29Si.3ClH.Ti/c1-14-11-16(3)19(12-15(14)2)20(4,5)17-9-10-18(13-17)21(6,7)8;;;;/h9-13H,1-8H3;3*1H;/q-1;;;;+4/p-3. The zero-order valence-corrected chi connectivity index (χ0v) is 21.3. The molecule has 0 amide bonds. The van der Waals surface area contributed by atoms with E-state index in [9.17, 15) is 0 Å². The minimum atomic E-state index is -1.23. The predicted molar refractivity (Wildman–Crippen MR) is 97.8 cm³/mol. The largest absolute Gasteiger partial charge is 4.00 e. The molecular weight excluding hydrogens is 423 g/mol. The van der Waals surface area contributed by atoms with Crippen molar-refractivity contribution in [1.82, 2.24) is 0 Å². The van der Waals surface area contributed by atoms with E-state index in [0.29, 0.717) is 0 Å². The van der Waals surface area contributed by atoms with E-state index in [1.165, 1.54) is 27.8 Å². The van der Waals surface area contributed by atoms with Gasteiger partial charge in [-0.15, -0.1) is 5.56 Å². The third kappa shape index (κ3) is 6.48. The quantitative estimate of drug-likeness (QED) is 0.332. The van der Waals surface area contributed by atoms with E-state index in [0.717, 1.165) is 0 Å². The fourth-order valence-electron chi connectivity index (χ4n) is 3.09. The Morgan fingerprint density at radius 3 is 1.76 bits per heavy atom. The van der Waals surface area contributed by atoms with Crippen LogP contribution < -0.4 is 42.4 Å². The van der Waals surface area contributed by atoms with Gasteiger partial charge in [0.15, 0.2) is 0 Å². The average molecular weight is 452 g/mol. The number of benzene rings is 1. The molecule has 0 saturated carbocycles. The minimum absolute atomic E-state index is 0. The van der Waals surface area contributed by atoms with Crippen molar-refractivity contribution < 1.29 is 58.9 Å². The molecule has 0 aliphatic heterocycles. The third-order valence-electron chi connectivity index (χ3n) is 4.86. The molecule has 0 heterocycles. The van der Waals surface area contributed by atoms with E-state index in [2.05, 4.69) is 84.6 Å². The molecule has 0 bridgehead atoms. The maximum absolute atomic E-state index is 2.45. The van der Waals surface area contributed by atoms with Crippen LogP contribution in [0.2, 0.25) is 19.6 Å². The summed E-state index contributed by atoms with van der Waals surface area (Å²) < 4.78 is 0. The van der Waals surface area contributed by atoms with Crippen molar-refractivity contribution in [2.75, 3.05) is 0 Å². The van der Waals surface area contributed by atoms with Crippen molar-refractivity contribution in [3.63, 3.8) is 0 Å². The Hall–Kier alpha value is 0.371. The van der Waals surface area contributed by atoms with Gasteiger partial charge in [0.05, 0.1) is 0 Å². The van der Waals surface area contributed by atoms with Gasteiger partial charge in [0.1, 0.15) is 0 Å². The number of halogens is 3. The number of aryl methyl sites for hydroxylation is 3. The van der Waals surface area contributed by atoms with Gasteiger partial charge in [-0.2, -0.15) is 12.1 Å². The Morgan fingerprint density at radius 1 is 0.840 bits per heavy atom. The second-order valence-electron chi connectivity index (χ2n) is 8.01. The normalized spacial score (nSPS) is 10.7. The van der Waals surface area contributed by atoms with Crippen molar-refractivity contribution in [3.05, 3.63) is 58.1 Å². The van der Waals surface area contributed by atoms with Crippen molar-refractivity contribution >= 4 is 13.3 Å². The van der Waals surface area contributed by atoms with Gasteiger partial charge in [0, 0.05) is 8.07 Å². The van der Waals surface area contributed by atoms with Crippen LogP contribution in [0.25, 0.3) is 0 Å². The summed E-state index contributed by atoms with van der Waals surface area (Å²) >= 11 is 0. The third-order valence-corrected chi connectivity index (χ3v) is 6.90. The summed E-state index contributed by atoms with van der Waals surface area (Å²) in [4.78, 5) is 0. The van der Waals surface area contributed by atoms with E-state index in [1.807, 2.05) is 0 Å². The van der Waals surface area contributed by atoms with Gasteiger partial charge in [0.2, 0.25) is 0 Å². The van der Waals surface area contributed by atoms with Gasteiger partial charge in [-0.3, -0.25) is 0 Å². The first-order valence-corrected chi connectivity index (χ1v) is 11.4. The first kappa shape index (κ1) is 30.1. The molecule has 5 heteroatoms. The Bertz CT molecular complexity index is 670. The SMILES string of the molecule is Cc1cc(C)c(C(C)(C)[c-]2ccc([Si](C)(C)C)c2)cc1C.[Cl-].[Cl-].[Cl-].[Ti+4]. The van der Waals surface area contributed by atoms with E-state index in [1.54, 1.807) is 5.19 Å². The number of hydrogen-bond donors (Lipinski definition) is 0. The number of hydrogen-bond acceptors (Lipinski definition) is 0. The molecule has 0 aromatic heterocycles. The maximum atomic E-state index is 2.45. The molecule has 0 N–H and O–H groups in total. The van der Waals surface area contributed by atoms with Crippen LogP contribution in [0.4, 0.5) is 0 Å². The molecular formula is C20H29Cl3SiTi. The molecule has 0 nitrogen and oxygen atoms in total. The van der Waals surface area contributed by atoms with Gasteiger partial charge in [-0.05, 0) is 48.4 Å².